The molecule has 6 nitrogen and oxygen atoms in total. The molecule has 2 aromatic rings. The zero-order valence-electron chi connectivity index (χ0n) is 14.5. The van der Waals surface area contributed by atoms with E-state index in [1.807, 2.05) is 17.5 Å². The van der Waals surface area contributed by atoms with Crippen LogP contribution in [0.5, 0.6) is 0 Å². The summed E-state index contributed by atoms with van der Waals surface area (Å²) in [6.45, 7) is 1.07. The van der Waals surface area contributed by atoms with Gasteiger partial charge in [-0.2, -0.15) is 0 Å². The van der Waals surface area contributed by atoms with E-state index in [-0.39, 0.29) is 18.1 Å². The molecule has 0 aliphatic carbocycles. The highest BCUT2D eigenvalue weighted by atomic mass is 32.1. The van der Waals surface area contributed by atoms with Crippen LogP contribution in [0.1, 0.15) is 42.5 Å². The molecule has 0 atom stereocenters. The Morgan fingerprint density at radius 3 is 2.46 bits per heavy atom. The molecule has 7 heteroatoms. The molecule has 3 heterocycles. The lowest BCUT2D eigenvalue weighted by molar-refractivity contribution is -0.134. The summed E-state index contributed by atoms with van der Waals surface area (Å²) < 4.78 is 5.08. The first-order valence-electron chi connectivity index (χ1n) is 8.87. The average Bonchev–Trinajstić information content (AvgIpc) is 3.13. The molecule has 0 saturated carbocycles. The van der Waals surface area contributed by atoms with Crippen LogP contribution in [-0.2, 0) is 9.53 Å². The number of nitrogens with one attached hydrogen (secondary N) is 1. The van der Waals surface area contributed by atoms with Gasteiger partial charge in [0.05, 0.1) is 10.6 Å². The summed E-state index contributed by atoms with van der Waals surface area (Å²) in [5, 5.41) is 1.91. The molecule has 1 amide bonds. The van der Waals surface area contributed by atoms with E-state index in [1.54, 1.807) is 11.0 Å². The highest BCUT2D eigenvalue weighted by Crippen LogP contribution is 2.21. The van der Waals surface area contributed by atoms with Gasteiger partial charge in [-0.3, -0.25) is 9.59 Å². The molecule has 1 aliphatic rings. The van der Waals surface area contributed by atoms with Crippen LogP contribution >= 0.6 is 11.3 Å². The number of pyridine rings is 1. The minimum absolute atomic E-state index is 0.0919. The maximum atomic E-state index is 12.3. The molecule has 1 aliphatic heterocycles. The number of likely N-dealkylation sites (tertiary alicyclic amines) is 1. The molecule has 1 fully saturated rings. The van der Waals surface area contributed by atoms with Crippen molar-refractivity contribution in [3.63, 3.8) is 0 Å². The third-order valence-corrected chi connectivity index (χ3v) is 5.35. The first-order valence-corrected chi connectivity index (χ1v) is 9.75. The fraction of sp³-hybridized carbons (Fsp3) is 0.421. The number of nitrogens with zero attached hydrogens (tertiary/aromatic N) is 1. The third-order valence-electron chi connectivity index (χ3n) is 4.45. The topological polar surface area (TPSA) is 79.5 Å². The van der Waals surface area contributed by atoms with E-state index in [0.29, 0.717) is 18.8 Å². The van der Waals surface area contributed by atoms with Crippen LogP contribution in [0, 0.1) is 0 Å². The van der Waals surface area contributed by atoms with Gasteiger partial charge in [-0.1, -0.05) is 25.3 Å². The number of hydrogen-bond donors (Lipinski definition) is 1. The Kier molecular flexibility index (Phi) is 6.22. The molecule has 1 saturated heterocycles. The first kappa shape index (κ1) is 18.4. The fourth-order valence-corrected chi connectivity index (χ4v) is 3.71. The standard InChI is InChI=1S/C19H22N2O4S/c22-17(21-10-4-2-1-3-5-11-21)13-25-19(24)14-8-9-15(20-18(14)23)16-7-6-12-26-16/h6-9,12H,1-5,10-11,13H2,(H,20,23). The Hall–Kier alpha value is -2.41. The summed E-state index contributed by atoms with van der Waals surface area (Å²) in [6.07, 6.45) is 5.40. The molecule has 0 aromatic carbocycles. The second kappa shape index (κ2) is 8.80. The fourth-order valence-electron chi connectivity index (χ4n) is 3.00. The van der Waals surface area contributed by atoms with E-state index in [0.717, 1.165) is 30.6 Å². The SMILES string of the molecule is O=C(OCC(=O)N1CCCCCCC1)c1ccc(-c2cccs2)[nH]c1=O. The Balaban J connectivity index is 1.59. The molecule has 0 radical (unpaired) electrons. The van der Waals surface area contributed by atoms with Gasteiger partial charge in [0.15, 0.2) is 6.61 Å². The number of amides is 1. The molecular formula is C19H22N2O4S. The van der Waals surface area contributed by atoms with Crippen LogP contribution in [0.3, 0.4) is 0 Å². The van der Waals surface area contributed by atoms with Crippen molar-refractivity contribution in [3.05, 3.63) is 45.6 Å². The molecule has 0 bridgehead atoms. The number of aromatic nitrogens is 1. The van der Waals surface area contributed by atoms with Crippen molar-refractivity contribution in [2.45, 2.75) is 32.1 Å². The minimum atomic E-state index is -0.774. The van der Waals surface area contributed by atoms with Gasteiger partial charge in [0, 0.05) is 13.1 Å². The molecular weight excluding hydrogens is 352 g/mol. The van der Waals surface area contributed by atoms with Gasteiger partial charge in [-0.25, -0.2) is 4.79 Å². The lowest BCUT2D eigenvalue weighted by atomic mass is 10.1. The van der Waals surface area contributed by atoms with E-state index in [4.69, 9.17) is 4.74 Å². The average molecular weight is 374 g/mol. The summed E-state index contributed by atoms with van der Waals surface area (Å²) in [6, 6.07) is 6.88. The number of carbonyl (C=O) groups excluding carboxylic acids is 2. The van der Waals surface area contributed by atoms with Gasteiger partial charge < -0.3 is 14.6 Å². The van der Waals surface area contributed by atoms with Gasteiger partial charge in [0.1, 0.15) is 5.56 Å². The predicted molar refractivity (Wildman–Crippen MR) is 100 cm³/mol. The molecule has 3 rings (SSSR count). The van der Waals surface area contributed by atoms with Gasteiger partial charge in [-0.15, -0.1) is 11.3 Å². The highest BCUT2D eigenvalue weighted by molar-refractivity contribution is 7.13. The number of hydrogen-bond acceptors (Lipinski definition) is 5. The van der Waals surface area contributed by atoms with Crippen molar-refractivity contribution in [1.29, 1.82) is 0 Å². The van der Waals surface area contributed by atoms with Crippen LogP contribution in [0.2, 0.25) is 0 Å². The number of carbonyl (C=O) groups is 2. The summed E-state index contributed by atoms with van der Waals surface area (Å²) in [4.78, 5) is 41.9. The van der Waals surface area contributed by atoms with Crippen LogP contribution in [0.15, 0.2) is 34.4 Å². The number of H-pyrrole nitrogens is 1. The lowest BCUT2D eigenvalue weighted by Gasteiger charge is -2.24. The van der Waals surface area contributed by atoms with Crippen molar-refractivity contribution >= 4 is 23.2 Å². The van der Waals surface area contributed by atoms with Gasteiger partial charge in [0.25, 0.3) is 11.5 Å². The largest absolute Gasteiger partial charge is 0.452 e. The van der Waals surface area contributed by atoms with Crippen LogP contribution in [0.25, 0.3) is 10.6 Å². The second-order valence-corrected chi connectivity index (χ2v) is 7.26. The maximum Gasteiger partial charge on any atom is 0.344 e. The Labute approximate surface area is 155 Å². The smallest absolute Gasteiger partial charge is 0.344 e. The van der Waals surface area contributed by atoms with Crippen molar-refractivity contribution in [3.8, 4) is 10.6 Å². The Morgan fingerprint density at radius 2 is 1.81 bits per heavy atom. The van der Waals surface area contributed by atoms with E-state index in [1.165, 1.54) is 23.8 Å². The zero-order chi connectivity index (χ0) is 18.4. The van der Waals surface area contributed by atoms with Crippen LogP contribution < -0.4 is 5.56 Å². The monoisotopic (exact) mass is 374 g/mol. The van der Waals surface area contributed by atoms with Gasteiger partial charge in [-0.05, 0) is 36.4 Å². The van der Waals surface area contributed by atoms with Gasteiger partial charge in [0.2, 0.25) is 0 Å². The zero-order valence-corrected chi connectivity index (χ0v) is 15.3. The second-order valence-electron chi connectivity index (χ2n) is 6.32. The Bertz CT molecular complexity index is 805. The third kappa shape index (κ3) is 4.60. The lowest BCUT2D eigenvalue weighted by Crippen LogP contribution is -2.37. The molecule has 2 aromatic heterocycles. The molecule has 1 N–H and O–H groups in total. The number of thiophene rings is 1. The first-order chi connectivity index (χ1) is 12.6. The molecule has 0 unspecified atom stereocenters. The Morgan fingerprint density at radius 1 is 1.08 bits per heavy atom. The quantitative estimate of drug-likeness (QED) is 0.834. The van der Waals surface area contributed by atoms with Crippen molar-refractivity contribution in [2.75, 3.05) is 19.7 Å². The summed E-state index contributed by atoms with van der Waals surface area (Å²) in [5.41, 5.74) is 0.0450. The van der Waals surface area contributed by atoms with E-state index in [2.05, 4.69) is 4.98 Å². The molecule has 26 heavy (non-hydrogen) atoms. The van der Waals surface area contributed by atoms with Crippen molar-refractivity contribution in [2.24, 2.45) is 0 Å². The van der Waals surface area contributed by atoms with Crippen molar-refractivity contribution < 1.29 is 14.3 Å². The molecule has 138 valence electrons. The minimum Gasteiger partial charge on any atom is -0.452 e. The van der Waals surface area contributed by atoms with Crippen molar-refractivity contribution in [1.82, 2.24) is 9.88 Å². The van der Waals surface area contributed by atoms with E-state index in [9.17, 15) is 14.4 Å². The number of esters is 1. The maximum absolute atomic E-state index is 12.3. The van der Waals surface area contributed by atoms with Crippen LogP contribution in [0.4, 0.5) is 0 Å². The summed E-state index contributed by atoms with van der Waals surface area (Å²) in [7, 11) is 0. The normalized spacial score (nSPS) is 15.2. The van der Waals surface area contributed by atoms with E-state index >= 15 is 0 Å². The number of ether oxygens (including phenoxy) is 1. The van der Waals surface area contributed by atoms with Gasteiger partial charge >= 0.3 is 5.97 Å². The number of aromatic amines is 1. The highest BCUT2D eigenvalue weighted by Gasteiger charge is 2.19. The predicted octanol–water partition coefficient (Wildman–Crippen LogP) is 3.05. The van der Waals surface area contributed by atoms with Crippen LogP contribution in [-0.4, -0.2) is 41.5 Å². The van der Waals surface area contributed by atoms with E-state index < -0.39 is 11.5 Å². The molecule has 0 spiro atoms. The number of rotatable bonds is 4. The summed E-state index contributed by atoms with van der Waals surface area (Å²) in [5.74, 6) is -0.976. The summed E-state index contributed by atoms with van der Waals surface area (Å²) >= 11 is 1.50.